The van der Waals surface area contributed by atoms with Crippen molar-refractivity contribution >= 4 is 27.8 Å². The average molecular weight is 456 g/mol. The van der Waals surface area contributed by atoms with Gasteiger partial charge in [0.25, 0.3) is 0 Å². The lowest BCUT2D eigenvalue weighted by molar-refractivity contribution is 0.529. The van der Waals surface area contributed by atoms with Gasteiger partial charge in [0.05, 0.1) is 34.1 Å². The number of benzene rings is 1. The number of hydrogen-bond acceptors (Lipinski definition) is 5. The van der Waals surface area contributed by atoms with E-state index in [0.29, 0.717) is 0 Å². The van der Waals surface area contributed by atoms with Crippen LogP contribution in [-0.4, -0.2) is 42.5 Å². The molecule has 0 saturated heterocycles. The van der Waals surface area contributed by atoms with Crippen molar-refractivity contribution in [1.29, 1.82) is 0 Å². The Labute approximate surface area is 198 Å². The molecule has 0 aliphatic heterocycles. The summed E-state index contributed by atoms with van der Waals surface area (Å²) >= 11 is 0. The van der Waals surface area contributed by atoms with Crippen LogP contribution in [0.1, 0.15) is 32.5 Å². The van der Waals surface area contributed by atoms with Crippen molar-refractivity contribution in [2.45, 2.75) is 33.7 Å². The highest BCUT2D eigenvalue weighted by Crippen LogP contribution is 2.30. The standard InChI is InChI=1S/C26H29N7O/c1-7-30(5)24-11-9-19(13-28-24)18-8-10-21-20(12-18)25-22(14-27-21)31(6)26(34)33(25)23-15-32(16(2)3)29-17(23)4/h8-16H,7H2,1-6H3. The number of fused-ring (bicyclic) bond motifs is 3. The van der Waals surface area contributed by atoms with Crippen LogP contribution in [0.5, 0.6) is 0 Å². The van der Waals surface area contributed by atoms with E-state index < -0.39 is 0 Å². The molecule has 0 aliphatic rings. The SMILES string of the molecule is CCN(C)c1ccc(-c2ccc3ncc4c(c3c2)n(-c2cn(C(C)C)nc2C)c(=O)n4C)cn1. The van der Waals surface area contributed by atoms with Gasteiger partial charge in [0.15, 0.2) is 0 Å². The van der Waals surface area contributed by atoms with Crippen molar-refractivity contribution in [2.75, 3.05) is 18.5 Å². The molecule has 34 heavy (non-hydrogen) atoms. The zero-order valence-electron chi connectivity index (χ0n) is 20.4. The maximum Gasteiger partial charge on any atom is 0.333 e. The summed E-state index contributed by atoms with van der Waals surface area (Å²) in [5, 5.41) is 5.55. The van der Waals surface area contributed by atoms with Gasteiger partial charge in [0.1, 0.15) is 5.82 Å². The molecular weight excluding hydrogens is 426 g/mol. The molecule has 0 spiro atoms. The minimum atomic E-state index is -0.116. The normalized spacial score (nSPS) is 11.7. The second-order valence-corrected chi connectivity index (χ2v) is 8.99. The van der Waals surface area contributed by atoms with Crippen LogP contribution in [0.2, 0.25) is 0 Å². The van der Waals surface area contributed by atoms with E-state index in [-0.39, 0.29) is 11.7 Å². The highest BCUT2D eigenvalue weighted by molar-refractivity contribution is 6.04. The predicted molar refractivity (Wildman–Crippen MR) is 137 cm³/mol. The maximum absolute atomic E-state index is 13.4. The molecule has 0 unspecified atom stereocenters. The van der Waals surface area contributed by atoms with Gasteiger partial charge in [-0.1, -0.05) is 6.07 Å². The van der Waals surface area contributed by atoms with Gasteiger partial charge >= 0.3 is 5.69 Å². The third-order valence-electron chi connectivity index (χ3n) is 6.49. The van der Waals surface area contributed by atoms with Gasteiger partial charge in [-0.2, -0.15) is 5.10 Å². The van der Waals surface area contributed by atoms with Crippen molar-refractivity contribution in [3.05, 3.63) is 65.1 Å². The number of hydrogen-bond donors (Lipinski definition) is 0. The Bertz CT molecular complexity index is 1570. The van der Waals surface area contributed by atoms with E-state index in [1.807, 2.05) is 43.2 Å². The van der Waals surface area contributed by atoms with Crippen LogP contribution in [-0.2, 0) is 7.05 Å². The zero-order chi connectivity index (χ0) is 24.1. The number of pyridine rings is 2. The summed E-state index contributed by atoms with van der Waals surface area (Å²) in [6.45, 7) is 9.08. The summed E-state index contributed by atoms with van der Waals surface area (Å²) in [5.74, 6) is 0.936. The molecule has 0 N–H and O–H groups in total. The van der Waals surface area contributed by atoms with E-state index in [1.54, 1.807) is 22.4 Å². The summed E-state index contributed by atoms with van der Waals surface area (Å²) in [7, 11) is 3.81. The van der Waals surface area contributed by atoms with Gasteiger partial charge in [0, 0.05) is 50.0 Å². The Kier molecular flexibility index (Phi) is 5.23. The highest BCUT2D eigenvalue weighted by atomic mass is 16.1. The van der Waals surface area contributed by atoms with E-state index in [1.165, 1.54) is 0 Å². The minimum Gasteiger partial charge on any atom is -0.360 e. The lowest BCUT2D eigenvalue weighted by Crippen LogP contribution is -2.21. The molecule has 4 aromatic heterocycles. The molecule has 0 atom stereocenters. The predicted octanol–water partition coefficient (Wildman–Crippen LogP) is 4.48. The maximum atomic E-state index is 13.4. The molecule has 8 heteroatoms. The molecule has 0 bridgehead atoms. The van der Waals surface area contributed by atoms with Crippen molar-refractivity contribution in [1.82, 2.24) is 28.9 Å². The fourth-order valence-electron chi connectivity index (χ4n) is 4.30. The Balaban J connectivity index is 1.76. The van der Waals surface area contributed by atoms with Crippen molar-refractivity contribution in [3.63, 3.8) is 0 Å². The van der Waals surface area contributed by atoms with Crippen LogP contribution in [0.4, 0.5) is 5.82 Å². The van der Waals surface area contributed by atoms with Crippen LogP contribution in [0.25, 0.3) is 38.8 Å². The first kappa shape index (κ1) is 21.9. The third-order valence-corrected chi connectivity index (χ3v) is 6.49. The molecule has 0 radical (unpaired) electrons. The van der Waals surface area contributed by atoms with Crippen LogP contribution < -0.4 is 10.6 Å². The Morgan fingerprint density at radius 1 is 1.06 bits per heavy atom. The summed E-state index contributed by atoms with van der Waals surface area (Å²) in [5.41, 5.74) is 5.97. The number of aryl methyl sites for hydroxylation is 2. The highest BCUT2D eigenvalue weighted by Gasteiger charge is 2.20. The van der Waals surface area contributed by atoms with Gasteiger partial charge in [-0.25, -0.2) is 9.78 Å². The first-order chi connectivity index (χ1) is 16.3. The first-order valence-corrected chi connectivity index (χ1v) is 11.5. The number of nitrogens with zero attached hydrogens (tertiary/aromatic N) is 7. The lowest BCUT2D eigenvalue weighted by atomic mass is 10.0. The monoisotopic (exact) mass is 455 g/mol. The average Bonchev–Trinajstić information content (AvgIpc) is 3.35. The van der Waals surface area contributed by atoms with E-state index in [0.717, 1.165) is 56.8 Å². The number of aromatic nitrogens is 6. The third kappa shape index (κ3) is 3.37. The van der Waals surface area contributed by atoms with Crippen LogP contribution in [0, 0.1) is 6.92 Å². The van der Waals surface area contributed by atoms with Gasteiger partial charge in [-0.15, -0.1) is 0 Å². The molecule has 174 valence electrons. The van der Waals surface area contributed by atoms with Gasteiger partial charge in [-0.05, 0) is 57.5 Å². The minimum absolute atomic E-state index is 0.116. The Morgan fingerprint density at radius 3 is 2.47 bits per heavy atom. The lowest BCUT2D eigenvalue weighted by Gasteiger charge is -2.15. The van der Waals surface area contributed by atoms with Gasteiger partial charge < -0.3 is 4.90 Å². The molecule has 0 saturated carbocycles. The van der Waals surface area contributed by atoms with E-state index in [4.69, 9.17) is 0 Å². The molecule has 0 fully saturated rings. The molecule has 0 aliphatic carbocycles. The number of rotatable bonds is 5. The first-order valence-electron chi connectivity index (χ1n) is 11.5. The quantitative estimate of drug-likeness (QED) is 0.391. The van der Waals surface area contributed by atoms with Gasteiger partial charge in [-0.3, -0.25) is 18.8 Å². The smallest absolute Gasteiger partial charge is 0.333 e. The Hall–Kier alpha value is -3.94. The van der Waals surface area contributed by atoms with E-state index in [9.17, 15) is 4.79 Å². The summed E-state index contributed by atoms with van der Waals surface area (Å²) in [6, 6.07) is 10.5. The molecule has 5 rings (SSSR count). The van der Waals surface area contributed by atoms with Crippen LogP contribution in [0.3, 0.4) is 0 Å². The summed E-state index contributed by atoms with van der Waals surface area (Å²) < 4.78 is 5.31. The molecule has 4 heterocycles. The van der Waals surface area contributed by atoms with Crippen molar-refractivity contribution < 1.29 is 0 Å². The largest absolute Gasteiger partial charge is 0.360 e. The molecule has 5 aromatic rings. The van der Waals surface area contributed by atoms with Crippen molar-refractivity contribution in [3.8, 4) is 16.8 Å². The fraction of sp³-hybridized carbons (Fsp3) is 0.308. The Morgan fingerprint density at radius 2 is 1.82 bits per heavy atom. The van der Waals surface area contributed by atoms with E-state index >= 15 is 0 Å². The zero-order valence-corrected chi connectivity index (χ0v) is 20.4. The molecule has 1 aromatic carbocycles. The van der Waals surface area contributed by atoms with Crippen LogP contribution >= 0.6 is 0 Å². The van der Waals surface area contributed by atoms with E-state index in [2.05, 4.69) is 58.9 Å². The van der Waals surface area contributed by atoms with Crippen LogP contribution in [0.15, 0.2) is 53.7 Å². The topological polar surface area (TPSA) is 73.8 Å². The van der Waals surface area contributed by atoms with Gasteiger partial charge in [0.2, 0.25) is 0 Å². The number of imidazole rings is 1. The fourth-order valence-corrected chi connectivity index (χ4v) is 4.30. The summed E-state index contributed by atoms with van der Waals surface area (Å²) in [6.07, 6.45) is 5.61. The molecular formula is C26H29N7O. The number of anilines is 1. The second-order valence-electron chi connectivity index (χ2n) is 8.99. The van der Waals surface area contributed by atoms with Crippen molar-refractivity contribution in [2.24, 2.45) is 7.05 Å². The molecule has 8 nitrogen and oxygen atoms in total. The molecule has 0 amide bonds. The second kappa shape index (κ2) is 8.13. The summed E-state index contributed by atoms with van der Waals surface area (Å²) in [4.78, 5) is 24.8.